The van der Waals surface area contributed by atoms with Crippen molar-refractivity contribution in [1.29, 1.82) is 0 Å². The zero-order valence-corrected chi connectivity index (χ0v) is 18.6. The van der Waals surface area contributed by atoms with Crippen LogP contribution in [0.4, 0.5) is 18.9 Å². The Morgan fingerprint density at radius 3 is 2.56 bits per heavy atom. The minimum absolute atomic E-state index is 0.181. The lowest BCUT2D eigenvalue weighted by molar-refractivity contribution is -0.137. The van der Waals surface area contributed by atoms with Gasteiger partial charge >= 0.3 is 6.18 Å². The highest BCUT2D eigenvalue weighted by Gasteiger charge is 2.30. The Bertz CT molecular complexity index is 1170. The Kier molecular flexibility index (Phi) is 7.16. The molecule has 0 unspecified atom stereocenters. The minimum atomic E-state index is -4.45. The molecular weight excluding hydrogens is 464 g/mol. The van der Waals surface area contributed by atoms with Crippen LogP contribution in [0.2, 0.25) is 10.0 Å². The maximum atomic E-state index is 12.8. The van der Waals surface area contributed by atoms with Crippen LogP contribution in [0.1, 0.15) is 22.5 Å². The number of aryl methyl sites for hydroxylation is 1. The van der Waals surface area contributed by atoms with E-state index < -0.39 is 17.6 Å². The lowest BCUT2D eigenvalue weighted by Gasteiger charge is -2.12. The quantitative estimate of drug-likeness (QED) is 0.335. The highest BCUT2D eigenvalue weighted by molar-refractivity contribution is 6.43. The molecule has 0 fully saturated rings. The Labute approximate surface area is 192 Å². The third kappa shape index (κ3) is 5.44. The van der Waals surface area contributed by atoms with Gasteiger partial charge in [-0.3, -0.25) is 4.79 Å². The molecule has 0 radical (unpaired) electrons. The van der Waals surface area contributed by atoms with Crippen molar-refractivity contribution >= 4 is 41.0 Å². The number of alkyl halides is 3. The van der Waals surface area contributed by atoms with E-state index in [1.807, 2.05) is 30.5 Å². The molecule has 2 N–H and O–H groups in total. The number of carbonyl (C=O) groups excluding carboxylic acids is 1. The lowest BCUT2D eigenvalue weighted by Crippen LogP contribution is -2.26. The van der Waals surface area contributed by atoms with Gasteiger partial charge in [0.2, 0.25) is 0 Å². The molecule has 32 heavy (non-hydrogen) atoms. The van der Waals surface area contributed by atoms with Crippen LogP contribution in [0.5, 0.6) is 0 Å². The van der Waals surface area contributed by atoms with Crippen molar-refractivity contribution in [2.75, 3.05) is 11.9 Å². The van der Waals surface area contributed by atoms with Gasteiger partial charge in [0.25, 0.3) is 5.91 Å². The SMILES string of the molecule is Cc1cc(/C=N\NC(=O)CNc2cccc(C(F)(F)F)c2)c(C)n1-c1cccc(Cl)c1Cl. The van der Waals surface area contributed by atoms with E-state index in [2.05, 4.69) is 15.8 Å². The minimum Gasteiger partial charge on any atom is -0.376 e. The fraction of sp³-hybridized carbons (Fsp3) is 0.182. The maximum Gasteiger partial charge on any atom is 0.416 e. The number of benzene rings is 2. The van der Waals surface area contributed by atoms with Crippen LogP contribution in [-0.2, 0) is 11.0 Å². The van der Waals surface area contributed by atoms with Crippen molar-refractivity contribution in [2.24, 2.45) is 5.10 Å². The maximum absolute atomic E-state index is 12.8. The molecule has 0 saturated carbocycles. The van der Waals surface area contributed by atoms with Crippen LogP contribution in [0.25, 0.3) is 5.69 Å². The molecule has 0 aliphatic carbocycles. The number of hydrogen-bond donors (Lipinski definition) is 2. The number of aromatic nitrogens is 1. The fourth-order valence-electron chi connectivity index (χ4n) is 3.16. The third-order valence-electron chi connectivity index (χ3n) is 4.68. The van der Waals surface area contributed by atoms with Crippen LogP contribution in [0, 0.1) is 13.8 Å². The summed E-state index contributed by atoms with van der Waals surface area (Å²) in [4.78, 5) is 12.0. The number of hydrazone groups is 1. The summed E-state index contributed by atoms with van der Waals surface area (Å²) >= 11 is 12.5. The van der Waals surface area contributed by atoms with Crippen molar-refractivity contribution in [1.82, 2.24) is 9.99 Å². The Morgan fingerprint density at radius 2 is 1.84 bits per heavy atom. The summed E-state index contributed by atoms with van der Waals surface area (Å²) in [5.41, 5.74) is 4.95. The Morgan fingerprint density at radius 1 is 1.12 bits per heavy atom. The first-order valence-electron chi connectivity index (χ1n) is 9.44. The molecule has 1 amide bonds. The predicted molar refractivity (Wildman–Crippen MR) is 121 cm³/mol. The van der Waals surface area contributed by atoms with Crippen LogP contribution in [-0.4, -0.2) is 23.2 Å². The van der Waals surface area contributed by atoms with E-state index in [9.17, 15) is 18.0 Å². The second-order valence-electron chi connectivity index (χ2n) is 6.96. The number of hydrogen-bond acceptors (Lipinski definition) is 3. The first-order valence-corrected chi connectivity index (χ1v) is 10.2. The van der Waals surface area contributed by atoms with Gasteiger partial charge in [-0.15, -0.1) is 0 Å². The average molecular weight is 483 g/mol. The van der Waals surface area contributed by atoms with Gasteiger partial charge in [-0.25, -0.2) is 5.43 Å². The van der Waals surface area contributed by atoms with E-state index in [1.54, 1.807) is 12.1 Å². The molecule has 10 heteroatoms. The molecule has 1 heterocycles. The van der Waals surface area contributed by atoms with Gasteiger partial charge in [-0.2, -0.15) is 18.3 Å². The average Bonchev–Trinajstić information content (AvgIpc) is 3.01. The molecule has 168 valence electrons. The summed E-state index contributed by atoms with van der Waals surface area (Å²) in [6, 6.07) is 11.8. The Balaban J connectivity index is 1.64. The number of halogens is 5. The number of carbonyl (C=O) groups is 1. The molecule has 0 bridgehead atoms. The first kappa shape index (κ1) is 23.7. The normalized spacial score (nSPS) is 11.7. The monoisotopic (exact) mass is 482 g/mol. The third-order valence-corrected chi connectivity index (χ3v) is 5.49. The number of nitrogens with zero attached hydrogens (tertiary/aromatic N) is 2. The van der Waals surface area contributed by atoms with Crippen molar-refractivity contribution < 1.29 is 18.0 Å². The van der Waals surface area contributed by atoms with Gasteiger partial charge in [-0.1, -0.05) is 35.3 Å². The standard InChI is InChI=1S/C22H19Cl2F3N4O/c1-13-9-15(14(2)31(13)19-8-4-7-18(23)21(19)24)11-29-30-20(32)12-28-17-6-3-5-16(10-17)22(25,26)27/h3-11,28H,12H2,1-2H3,(H,30,32)/b29-11-. The summed E-state index contributed by atoms with van der Waals surface area (Å²) in [7, 11) is 0. The first-order chi connectivity index (χ1) is 15.1. The van der Waals surface area contributed by atoms with E-state index in [0.29, 0.717) is 10.0 Å². The number of nitrogens with one attached hydrogen (secondary N) is 2. The van der Waals surface area contributed by atoms with Crippen molar-refractivity contribution in [3.05, 3.63) is 81.1 Å². The van der Waals surface area contributed by atoms with Gasteiger partial charge in [-0.05, 0) is 50.2 Å². The van der Waals surface area contributed by atoms with Crippen LogP contribution in [0.3, 0.4) is 0 Å². The summed E-state index contributed by atoms with van der Waals surface area (Å²) < 4.78 is 40.2. The van der Waals surface area contributed by atoms with Gasteiger partial charge in [0.15, 0.2) is 0 Å². The van der Waals surface area contributed by atoms with E-state index in [-0.39, 0.29) is 12.2 Å². The van der Waals surface area contributed by atoms with E-state index in [4.69, 9.17) is 23.2 Å². The Hall–Kier alpha value is -2.97. The molecule has 0 aliphatic heterocycles. The molecule has 0 saturated heterocycles. The highest BCUT2D eigenvalue weighted by atomic mass is 35.5. The fourth-order valence-corrected chi connectivity index (χ4v) is 3.54. The summed E-state index contributed by atoms with van der Waals surface area (Å²) in [5.74, 6) is -0.509. The second kappa shape index (κ2) is 9.67. The smallest absolute Gasteiger partial charge is 0.376 e. The van der Waals surface area contributed by atoms with Crippen LogP contribution >= 0.6 is 23.2 Å². The molecule has 0 atom stereocenters. The van der Waals surface area contributed by atoms with Gasteiger partial charge in [0.1, 0.15) is 0 Å². The molecule has 0 aliphatic rings. The van der Waals surface area contributed by atoms with E-state index in [0.717, 1.165) is 34.8 Å². The largest absolute Gasteiger partial charge is 0.416 e. The molecular formula is C22H19Cl2F3N4O. The summed E-state index contributed by atoms with van der Waals surface area (Å²) in [6.07, 6.45) is -2.97. The van der Waals surface area contributed by atoms with Crippen molar-refractivity contribution in [3.63, 3.8) is 0 Å². The zero-order valence-electron chi connectivity index (χ0n) is 17.1. The molecule has 2 aromatic carbocycles. The van der Waals surface area contributed by atoms with Gasteiger partial charge in [0.05, 0.1) is 34.1 Å². The van der Waals surface area contributed by atoms with Gasteiger partial charge < -0.3 is 9.88 Å². The zero-order chi connectivity index (χ0) is 23.5. The van der Waals surface area contributed by atoms with Crippen LogP contribution < -0.4 is 10.7 Å². The molecule has 1 aromatic heterocycles. The summed E-state index contributed by atoms with van der Waals surface area (Å²) in [6.45, 7) is 3.54. The number of amides is 1. The lowest BCUT2D eigenvalue weighted by atomic mass is 10.2. The van der Waals surface area contributed by atoms with Crippen molar-refractivity contribution in [2.45, 2.75) is 20.0 Å². The molecule has 3 aromatic rings. The molecule has 0 spiro atoms. The topological polar surface area (TPSA) is 58.4 Å². The van der Waals surface area contributed by atoms with Gasteiger partial charge in [0, 0.05) is 22.6 Å². The highest BCUT2D eigenvalue weighted by Crippen LogP contribution is 2.32. The summed E-state index contributed by atoms with van der Waals surface area (Å²) in [5, 5.41) is 7.45. The molecule has 5 nitrogen and oxygen atoms in total. The number of rotatable bonds is 6. The van der Waals surface area contributed by atoms with Crippen LogP contribution in [0.15, 0.2) is 53.6 Å². The number of anilines is 1. The van der Waals surface area contributed by atoms with E-state index in [1.165, 1.54) is 18.3 Å². The van der Waals surface area contributed by atoms with E-state index >= 15 is 0 Å². The predicted octanol–water partition coefficient (Wildman–Crippen LogP) is 5.98. The van der Waals surface area contributed by atoms with Crippen molar-refractivity contribution in [3.8, 4) is 5.69 Å². The second-order valence-corrected chi connectivity index (χ2v) is 7.75. The molecule has 3 rings (SSSR count).